The molecule has 0 saturated heterocycles. The Bertz CT molecular complexity index is 659. The first-order chi connectivity index (χ1) is 10.0. The van der Waals surface area contributed by atoms with Crippen LogP contribution < -0.4 is 10.6 Å². The average Bonchev–Trinajstić information content (AvgIpc) is 2.46. The van der Waals surface area contributed by atoms with Gasteiger partial charge < -0.3 is 10.6 Å². The van der Waals surface area contributed by atoms with E-state index in [0.29, 0.717) is 21.6 Å². The van der Waals surface area contributed by atoms with Gasteiger partial charge in [0.2, 0.25) is 0 Å². The van der Waals surface area contributed by atoms with Crippen LogP contribution in [0.25, 0.3) is 0 Å². The van der Waals surface area contributed by atoms with Crippen LogP contribution in [0, 0.1) is 6.92 Å². The largest absolute Gasteiger partial charge is 0.369 e. The van der Waals surface area contributed by atoms with E-state index in [-0.39, 0.29) is 5.69 Å². The molecule has 0 spiro atoms. The molecule has 110 valence electrons. The van der Waals surface area contributed by atoms with E-state index < -0.39 is 5.91 Å². The standard InChI is InChI=1S/C14H14Cl2N4O/c1-3-17-13-5-4-11(19-20-13)14(21)18-12-7-9(15)8(2)6-10(12)16/h4-7H,3H2,1-2H3,(H,17,20)(H,18,21). The number of hydrogen-bond donors (Lipinski definition) is 2. The van der Waals surface area contributed by atoms with Crippen molar-refractivity contribution in [2.75, 3.05) is 17.2 Å². The Morgan fingerprint density at radius 3 is 2.57 bits per heavy atom. The lowest BCUT2D eigenvalue weighted by molar-refractivity contribution is 0.102. The summed E-state index contributed by atoms with van der Waals surface area (Å²) in [6.45, 7) is 4.52. The van der Waals surface area contributed by atoms with Gasteiger partial charge in [-0.05, 0) is 43.7 Å². The van der Waals surface area contributed by atoms with Crippen LogP contribution in [0.15, 0.2) is 24.3 Å². The summed E-state index contributed by atoms with van der Waals surface area (Å²) in [5, 5.41) is 14.4. The highest BCUT2D eigenvalue weighted by atomic mass is 35.5. The molecule has 2 N–H and O–H groups in total. The molecular weight excluding hydrogens is 311 g/mol. The number of rotatable bonds is 4. The molecule has 0 bridgehead atoms. The molecule has 1 amide bonds. The van der Waals surface area contributed by atoms with Gasteiger partial charge in [-0.3, -0.25) is 4.79 Å². The van der Waals surface area contributed by atoms with Crippen molar-refractivity contribution in [2.45, 2.75) is 13.8 Å². The lowest BCUT2D eigenvalue weighted by Gasteiger charge is -2.09. The SMILES string of the molecule is CCNc1ccc(C(=O)Nc2cc(Cl)c(C)cc2Cl)nn1. The molecule has 0 unspecified atom stereocenters. The molecule has 0 aliphatic carbocycles. The van der Waals surface area contributed by atoms with E-state index in [4.69, 9.17) is 23.2 Å². The van der Waals surface area contributed by atoms with Crippen LogP contribution in [-0.4, -0.2) is 22.6 Å². The van der Waals surface area contributed by atoms with E-state index in [1.807, 2.05) is 13.8 Å². The van der Waals surface area contributed by atoms with Gasteiger partial charge in [0.25, 0.3) is 5.91 Å². The maximum absolute atomic E-state index is 12.1. The first-order valence-electron chi connectivity index (χ1n) is 6.36. The van der Waals surface area contributed by atoms with Gasteiger partial charge >= 0.3 is 0 Å². The van der Waals surface area contributed by atoms with Crippen molar-refractivity contribution in [3.63, 3.8) is 0 Å². The highest BCUT2D eigenvalue weighted by molar-refractivity contribution is 6.36. The predicted octanol–water partition coefficient (Wildman–Crippen LogP) is 3.78. The Hall–Kier alpha value is -1.85. The van der Waals surface area contributed by atoms with Gasteiger partial charge in [-0.25, -0.2) is 0 Å². The van der Waals surface area contributed by atoms with E-state index in [1.54, 1.807) is 24.3 Å². The highest BCUT2D eigenvalue weighted by Crippen LogP contribution is 2.29. The van der Waals surface area contributed by atoms with Crippen molar-refractivity contribution in [3.8, 4) is 0 Å². The third kappa shape index (κ3) is 3.83. The zero-order valence-corrected chi connectivity index (χ0v) is 13.1. The van der Waals surface area contributed by atoms with E-state index in [0.717, 1.165) is 12.1 Å². The van der Waals surface area contributed by atoms with E-state index in [2.05, 4.69) is 20.8 Å². The Kier molecular flexibility index (Phi) is 4.98. The highest BCUT2D eigenvalue weighted by Gasteiger charge is 2.12. The van der Waals surface area contributed by atoms with Crippen LogP contribution in [0.1, 0.15) is 23.0 Å². The molecule has 2 rings (SSSR count). The minimum Gasteiger partial charge on any atom is -0.369 e. The second-order valence-corrected chi connectivity index (χ2v) is 5.18. The normalized spacial score (nSPS) is 10.3. The van der Waals surface area contributed by atoms with Crippen molar-refractivity contribution in [1.29, 1.82) is 0 Å². The molecule has 21 heavy (non-hydrogen) atoms. The van der Waals surface area contributed by atoms with Crippen LogP contribution in [0.5, 0.6) is 0 Å². The summed E-state index contributed by atoms with van der Waals surface area (Å²) in [5.41, 5.74) is 1.48. The summed E-state index contributed by atoms with van der Waals surface area (Å²) in [6.07, 6.45) is 0. The fraction of sp³-hybridized carbons (Fsp3) is 0.214. The lowest BCUT2D eigenvalue weighted by Crippen LogP contribution is -2.15. The topological polar surface area (TPSA) is 66.9 Å². The summed E-state index contributed by atoms with van der Waals surface area (Å²) >= 11 is 12.1. The zero-order chi connectivity index (χ0) is 15.4. The molecule has 1 aromatic carbocycles. The smallest absolute Gasteiger partial charge is 0.276 e. The number of carbonyl (C=O) groups excluding carboxylic acids is 1. The summed E-state index contributed by atoms with van der Waals surface area (Å²) in [4.78, 5) is 12.1. The van der Waals surface area contributed by atoms with Gasteiger partial charge in [0, 0.05) is 11.6 Å². The van der Waals surface area contributed by atoms with E-state index >= 15 is 0 Å². The van der Waals surface area contributed by atoms with Crippen LogP contribution >= 0.6 is 23.2 Å². The lowest BCUT2D eigenvalue weighted by atomic mass is 10.2. The molecule has 0 radical (unpaired) electrons. The number of anilines is 2. The molecule has 2 aromatic rings. The van der Waals surface area contributed by atoms with Gasteiger partial charge in [0.1, 0.15) is 5.82 Å². The summed E-state index contributed by atoms with van der Waals surface area (Å²) in [6, 6.07) is 6.58. The minimum absolute atomic E-state index is 0.199. The Morgan fingerprint density at radius 2 is 1.95 bits per heavy atom. The monoisotopic (exact) mass is 324 g/mol. The van der Waals surface area contributed by atoms with Crippen LogP contribution in [-0.2, 0) is 0 Å². The second-order valence-electron chi connectivity index (χ2n) is 4.37. The fourth-order valence-electron chi connectivity index (χ4n) is 1.66. The number of nitrogens with zero attached hydrogens (tertiary/aromatic N) is 2. The van der Waals surface area contributed by atoms with Gasteiger partial charge in [0.05, 0.1) is 10.7 Å². The third-order valence-electron chi connectivity index (χ3n) is 2.75. The third-order valence-corrected chi connectivity index (χ3v) is 3.47. The number of nitrogens with one attached hydrogen (secondary N) is 2. The van der Waals surface area contributed by atoms with Crippen molar-refractivity contribution in [1.82, 2.24) is 10.2 Å². The number of hydrogen-bond acceptors (Lipinski definition) is 4. The molecule has 0 saturated carbocycles. The molecule has 7 heteroatoms. The zero-order valence-electron chi connectivity index (χ0n) is 11.6. The van der Waals surface area contributed by atoms with Gasteiger partial charge in [-0.1, -0.05) is 23.2 Å². The van der Waals surface area contributed by atoms with Crippen molar-refractivity contribution in [2.24, 2.45) is 0 Å². The second kappa shape index (κ2) is 6.74. The number of halogens is 2. The van der Waals surface area contributed by atoms with Gasteiger partial charge in [-0.15, -0.1) is 10.2 Å². The number of amides is 1. The van der Waals surface area contributed by atoms with Gasteiger partial charge in [-0.2, -0.15) is 0 Å². The fourth-order valence-corrected chi connectivity index (χ4v) is 2.09. The van der Waals surface area contributed by atoms with Crippen molar-refractivity contribution >= 4 is 40.6 Å². The van der Waals surface area contributed by atoms with E-state index in [9.17, 15) is 4.79 Å². The average molecular weight is 325 g/mol. The minimum atomic E-state index is -0.396. The molecular formula is C14H14Cl2N4O. The van der Waals surface area contributed by atoms with Crippen molar-refractivity contribution < 1.29 is 4.79 Å². The summed E-state index contributed by atoms with van der Waals surface area (Å²) in [5.74, 6) is 0.220. The Balaban J connectivity index is 2.16. The van der Waals surface area contributed by atoms with Crippen molar-refractivity contribution in [3.05, 3.63) is 45.6 Å². The Labute approximate surface area is 132 Å². The molecule has 5 nitrogen and oxygen atoms in total. The van der Waals surface area contributed by atoms with Crippen LogP contribution in [0.4, 0.5) is 11.5 Å². The van der Waals surface area contributed by atoms with Crippen LogP contribution in [0.3, 0.4) is 0 Å². The summed E-state index contributed by atoms with van der Waals surface area (Å²) < 4.78 is 0. The Morgan fingerprint density at radius 1 is 1.19 bits per heavy atom. The number of carbonyl (C=O) groups is 1. The molecule has 1 aromatic heterocycles. The number of aryl methyl sites for hydroxylation is 1. The first-order valence-corrected chi connectivity index (χ1v) is 7.11. The van der Waals surface area contributed by atoms with E-state index in [1.165, 1.54) is 0 Å². The maximum atomic E-state index is 12.1. The molecule has 0 aliphatic heterocycles. The van der Waals surface area contributed by atoms with Gasteiger partial charge in [0.15, 0.2) is 5.69 Å². The number of benzene rings is 1. The number of aromatic nitrogens is 2. The molecule has 0 atom stereocenters. The molecule has 0 fully saturated rings. The van der Waals surface area contributed by atoms with Crippen LogP contribution in [0.2, 0.25) is 10.0 Å². The first kappa shape index (κ1) is 15.5. The molecule has 0 aliphatic rings. The summed E-state index contributed by atoms with van der Waals surface area (Å²) in [7, 11) is 0. The predicted molar refractivity (Wildman–Crippen MR) is 85.3 cm³/mol. The maximum Gasteiger partial charge on any atom is 0.276 e. The quantitative estimate of drug-likeness (QED) is 0.898. The molecule has 1 heterocycles.